The van der Waals surface area contributed by atoms with Gasteiger partial charge in [0.15, 0.2) is 0 Å². The number of para-hydroxylation sites is 1. The third-order valence-electron chi connectivity index (χ3n) is 4.99. The van der Waals surface area contributed by atoms with Crippen molar-refractivity contribution in [3.8, 4) is 0 Å². The van der Waals surface area contributed by atoms with Crippen LogP contribution in [0.15, 0.2) is 24.3 Å². The predicted octanol–water partition coefficient (Wildman–Crippen LogP) is 1.62. The Morgan fingerprint density at radius 2 is 2.08 bits per heavy atom. The molecule has 5 nitrogen and oxygen atoms in total. The fourth-order valence-electron chi connectivity index (χ4n) is 3.74. The van der Waals surface area contributed by atoms with E-state index >= 15 is 0 Å². The van der Waals surface area contributed by atoms with E-state index in [0.29, 0.717) is 25.4 Å². The summed E-state index contributed by atoms with van der Waals surface area (Å²) in [6.07, 6.45) is 0.630. The number of fused-ring (bicyclic) bond motifs is 2. The van der Waals surface area contributed by atoms with Crippen LogP contribution in [0.3, 0.4) is 0 Å². The summed E-state index contributed by atoms with van der Waals surface area (Å²) in [5.74, 6) is 0.269. The minimum absolute atomic E-state index is 0.00593. The molecule has 1 aromatic rings. The molecule has 0 unspecified atom stereocenters. The summed E-state index contributed by atoms with van der Waals surface area (Å²) in [4.78, 5) is 29.6. The van der Waals surface area contributed by atoms with Crippen molar-refractivity contribution in [2.45, 2.75) is 25.7 Å². The molecule has 2 atom stereocenters. The van der Waals surface area contributed by atoms with Gasteiger partial charge >= 0.3 is 0 Å². The van der Waals surface area contributed by atoms with E-state index in [4.69, 9.17) is 0 Å². The largest absolute Gasteiger partial charge is 0.355 e. The molecule has 5 heteroatoms. The number of nitrogens with zero attached hydrogens (tertiary/aromatic N) is 2. The Kier molecular flexibility index (Phi) is 4.38. The van der Waals surface area contributed by atoms with Gasteiger partial charge in [0.25, 0.3) is 0 Å². The third kappa shape index (κ3) is 2.71. The van der Waals surface area contributed by atoms with Crippen LogP contribution < -0.4 is 10.2 Å². The lowest BCUT2D eigenvalue weighted by molar-refractivity contribution is -0.126. The highest BCUT2D eigenvalue weighted by molar-refractivity contribution is 6.14. The van der Waals surface area contributed by atoms with Crippen molar-refractivity contribution in [2.24, 2.45) is 11.8 Å². The first kappa shape index (κ1) is 17.0. The van der Waals surface area contributed by atoms with Crippen molar-refractivity contribution in [2.75, 3.05) is 38.6 Å². The average molecular weight is 329 g/mol. The molecule has 2 aliphatic rings. The van der Waals surface area contributed by atoms with E-state index in [2.05, 4.69) is 19.2 Å². The number of likely N-dealkylation sites (N-methyl/N-ethyl adjacent to an activating group) is 1. The van der Waals surface area contributed by atoms with E-state index in [0.717, 1.165) is 17.8 Å². The Hall–Kier alpha value is -1.88. The van der Waals surface area contributed by atoms with Gasteiger partial charge in [-0.3, -0.25) is 9.59 Å². The number of hydrogen-bond acceptors (Lipinski definition) is 3. The summed E-state index contributed by atoms with van der Waals surface area (Å²) in [6.45, 7) is 6.34. The summed E-state index contributed by atoms with van der Waals surface area (Å²) in [6, 6.07) is 7.95. The Morgan fingerprint density at radius 1 is 1.38 bits per heavy atom. The molecule has 2 amide bonds. The van der Waals surface area contributed by atoms with E-state index in [1.807, 2.05) is 48.2 Å². The highest BCUT2D eigenvalue weighted by Gasteiger charge is 2.69. The monoisotopic (exact) mass is 329 g/mol. The highest BCUT2D eigenvalue weighted by atomic mass is 16.2. The number of benzene rings is 1. The zero-order valence-electron chi connectivity index (χ0n) is 15.0. The van der Waals surface area contributed by atoms with Gasteiger partial charge in [-0.05, 0) is 38.1 Å². The molecule has 130 valence electrons. The van der Waals surface area contributed by atoms with Crippen molar-refractivity contribution in [1.82, 2.24) is 10.2 Å². The smallest absolute Gasteiger partial charge is 0.238 e. The van der Waals surface area contributed by atoms with Crippen LogP contribution in [0.5, 0.6) is 0 Å². The molecule has 1 aromatic carbocycles. The molecule has 0 radical (unpaired) electrons. The lowest BCUT2D eigenvalue weighted by Crippen LogP contribution is -2.39. The summed E-state index contributed by atoms with van der Waals surface area (Å²) in [5, 5.41) is 2.98. The zero-order valence-corrected chi connectivity index (χ0v) is 15.0. The molecular weight excluding hydrogens is 302 g/mol. The van der Waals surface area contributed by atoms with Gasteiger partial charge in [-0.25, -0.2) is 0 Å². The van der Waals surface area contributed by atoms with Gasteiger partial charge in [0.2, 0.25) is 11.8 Å². The number of rotatable bonds is 6. The second-order valence-electron chi connectivity index (χ2n) is 7.65. The van der Waals surface area contributed by atoms with Crippen LogP contribution in [0.2, 0.25) is 0 Å². The number of anilines is 1. The maximum atomic E-state index is 13.1. The van der Waals surface area contributed by atoms with E-state index in [1.54, 1.807) is 0 Å². The lowest BCUT2D eigenvalue weighted by Gasteiger charge is -2.20. The summed E-state index contributed by atoms with van der Waals surface area (Å²) in [5.41, 5.74) is 1.40. The van der Waals surface area contributed by atoms with E-state index in [-0.39, 0.29) is 17.7 Å². The van der Waals surface area contributed by atoms with Gasteiger partial charge < -0.3 is 15.1 Å². The fourth-order valence-corrected chi connectivity index (χ4v) is 3.74. The van der Waals surface area contributed by atoms with Gasteiger partial charge in [0, 0.05) is 25.3 Å². The minimum Gasteiger partial charge on any atom is -0.355 e. The van der Waals surface area contributed by atoms with Gasteiger partial charge in [0.1, 0.15) is 0 Å². The van der Waals surface area contributed by atoms with Crippen molar-refractivity contribution >= 4 is 17.5 Å². The number of amides is 2. The quantitative estimate of drug-likeness (QED) is 0.863. The van der Waals surface area contributed by atoms with E-state index < -0.39 is 5.41 Å². The normalized spacial score (nSPS) is 24.8. The van der Waals surface area contributed by atoms with Crippen LogP contribution >= 0.6 is 0 Å². The zero-order chi connectivity index (χ0) is 17.5. The van der Waals surface area contributed by atoms with Gasteiger partial charge in [-0.15, -0.1) is 0 Å². The molecule has 1 aliphatic heterocycles. The maximum absolute atomic E-state index is 13.1. The molecule has 0 aromatic heterocycles. The number of carbonyl (C=O) groups excluding carboxylic acids is 2. The van der Waals surface area contributed by atoms with Crippen LogP contribution in [0, 0.1) is 11.8 Å². The summed E-state index contributed by atoms with van der Waals surface area (Å²) in [7, 11) is 3.95. The number of hydrogen-bond donors (Lipinski definition) is 1. The summed E-state index contributed by atoms with van der Waals surface area (Å²) < 4.78 is 0. The number of nitrogens with one attached hydrogen (secondary N) is 1. The highest BCUT2D eigenvalue weighted by Crippen LogP contribution is 2.61. The maximum Gasteiger partial charge on any atom is 0.238 e. The Balaban J connectivity index is 1.79. The Labute approximate surface area is 144 Å². The predicted molar refractivity (Wildman–Crippen MR) is 95.0 cm³/mol. The van der Waals surface area contributed by atoms with Gasteiger partial charge in [-0.2, -0.15) is 0 Å². The molecule has 1 spiro atoms. The molecule has 3 rings (SSSR count). The molecule has 0 bridgehead atoms. The molecule has 1 N–H and O–H groups in total. The lowest BCUT2D eigenvalue weighted by atomic mass is 9.94. The molecule has 1 heterocycles. The van der Waals surface area contributed by atoms with Crippen molar-refractivity contribution in [1.29, 1.82) is 0 Å². The van der Waals surface area contributed by atoms with Crippen LogP contribution in [0.1, 0.15) is 25.8 Å². The van der Waals surface area contributed by atoms with Crippen LogP contribution in [-0.2, 0) is 15.0 Å². The Bertz CT molecular complexity index is 656. The van der Waals surface area contributed by atoms with Crippen molar-refractivity contribution < 1.29 is 9.59 Å². The second-order valence-corrected chi connectivity index (χ2v) is 7.65. The van der Waals surface area contributed by atoms with Gasteiger partial charge in [0.05, 0.1) is 11.3 Å². The standard InChI is InChI=1S/C19H27N3O2/c1-13(2)12-22-16-8-6-5-7-14(16)19(18(22)24)11-15(19)17(23)20-9-10-21(3)4/h5-8,13,15H,9-12H2,1-4H3,(H,20,23)/t15-,19-/m0/s1. The van der Waals surface area contributed by atoms with Gasteiger partial charge in [-0.1, -0.05) is 32.0 Å². The molecule has 1 fully saturated rings. The Morgan fingerprint density at radius 3 is 2.75 bits per heavy atom. The molecule has 24 heavy (non-hydrogen) atoms. The number of carbonyl (C=O) groups is 2. The second kappa shape index (κ2) is 6.20. The first-order valence-corrected chi connectivity index (χ1v) is 8.72. The first-order chi connectivity index (χ1) is 11.4. The SMILES string of the molecule is CC(C)CN1C(=O)[C@@]2(C[C@H]2C(=O)NCCN(C)C)c2ccccc21. The molecular formula is C19H27N3O2. The molecule has 0 saturated heterocycles. The van der Waals surface area contributed by atoms with Crippen LogP contribution in [0.25, 0.3) is 0 Å². The van der Waals surface area contributed by atoms with Crippen LogP contribution in [0.4, 0.5) is 5.69 Å². The minimum atomic E-state index is -0.617. The van der Waals surface area contributed by atoms with Crippen molar-refractivity contribution in [3.63, 3.8) is 0 Å². The first-order valence-electron chi connectivity index (χ1n) is 8.72. The van der Waals surface area contributed by atoms with E-state index in [1.165, 1.54) is 0 Å². The van der Waals surface area contributed by atoms with Crippen LogP contribution in [-0.4, -0.2) is 50.4 Å². The molecule has 1 saturated carbocycles. The molecule has 1 aliphatic carbocycles. The summed E-state index contributed by atoms with van der Waals surface area (Å²) >= 11 is 0. The van der Waals surface area contributed by atoms with Crippen molar-refractivity contribution in [3.05, 3.63) is 29.8 Å². The van der Waals surface area contributed by atoms with E-state index in [9.17, 15) is 9.59 Å². The third-order valence-corrected chi connectivity index (χ3v) is 4.99. The fraction of sp³-hybridized carbons (Fsp3) is 0.579. The average Bonchev–Trinajstić information content (AvgIpc) is 3.23. The topological polar surface area (TPSA) is 52.7 Å².